The van der Waals surface area contributed by atoms with Gasteiger partial charge in [0.1, 0.15) is 5.82 Å². The summed E-state index contributed by atoms with van der Waals surface area (Å²) in [7, 11) is 0. The number of hydrogen-bond acceptors (Lipinski definition) is 3. The van der Waals surface area contributed by atoms with Crippen LogP contribution in [-0.4, -0.2) is 27.0 Å². The highest BCUT2D eigenvalue weighted by atomic mass is 19.1. The van der Waals surface area contributed by atoms with E-state index >= 15 is 0 Å². The van der Waals surface area contributed by atoms with Crippen molar-refractivity contribution in [1.29, 1.82) is 0 Å². The highest BCUT2D eigenvalue weighted by Gasteiger charge is 2.29. The van der Waals surface area contributed by atoms with E-state index in [0.717, 1.165) is 17.3 Å². The quantitative estimate of drug-likeness (QED) is 0.665. The number of carbonyl (C=O) groups excluding carboxylic acids is 2. The second-order valence-electron chi connectivity index (χ2n) is 6.15. The Labute approximate surface area is 154 Å². The standard InChI is InChI=1S/C19H16FN5O2/c20-13-6-4-5-12(9-13)18(26)22-17-15-10-25(11-16(15)23-24-17)19(27)21-14-7-2-1-3-8-14/h1-9H,10-11H2,(H,21,27)(H2,22,23,24,26). The lowest BCUT2D eigenvalue weighted by Crippen LogP contribution is -2.30. The summed E-state index contributed by atoms with van der Waals surface area (Å²) < 4.78 is 13.3. The van der Waals surface area contributed by atoms with Crippen molar-refractivity contribution in [2.24, 2.45) is 0 Å². The molecule has 3 amide bonds. The largest absolute Gasteiger partial charge is 0.322 e. The van der Waals surface area contributed by atoms with Crippen molar-refractivity contribution in [3.05, 3.63) is 77.2 Å². The fraction of sp³-hybridized carbons (Fsp3) is 0.105. The molecule has 3 N–H and O–H groups in total. The molecule has 0 fully saturated rings. The van der Waals surface area contributed by atoms with Crippen LogP contribution in [0, 0.1) is 5.82 Å². The molecule has 8 heteroatoms. The average Bonchev–Trinajstić information content (AvgIpc) is 3.24. The molecule has 4 rings (SSSR count). The number of H-pyrrole nitrogens is 1. The highest BCUT2D eigenvalue weighted by molar-refractivity contribution is 6.04. The van der Waals surface area contributed by atoms with Crippen LogP contribution in [0.25, 0.3) is 0 Å². The smallest absolute Gasteiger partial charge is 0.314 e. The van der Waals surface area contributed by atoms with Crippen LogP contribution in [0.2, 0.25) is 0 Å². The number of nitrogens with one attached hydrogen (secondary N) is 3. The number of halogens is 1. The van der Waals surface area contributed by atoms with Gasteiger partial charge in [0.15, 0.2) is 5.82 Å². The van der Waals surface area contributed by atoms with Crippen LogP contribution in [0.1, 0.15) is 21.6 Å². The number of anilines is 2. The third-order valence-electron chi connectivity index (χ3n) is 4.28. The minimum Gasteiger partial charge on any atom is -0.314 e. The first-order valence-electron chi connectivity index (χ1n) is 8.34. The van der Waals surface area contributed by atoms with E-state index in [9.17, 15) is 14.0 Å². The van der Waals surface area contributed by atoms with E-state index < -0.39 is 11.7 Å². The second kappa shape index (κ2) is 6.91. The zero-order chi connectivity index (χ0) is 18.8. The van der Waals surface area contributed by atoms with Crippen molar-refractivity contribution >= 4 is 23.4 Å². The minimum absolute atomic E-state index is 0.198. The maximum atomic E-state index is 13.3. The molecule has 1 aromatic heterocycles. The number of carbonyl (C=O) groups is 2. The normalized spacial score (nSPS) is 12.6. The molecule has 0 atom stereocenters. The second-order valence-corrected chi connectivity index (χ2v) is 6.15. The third-order valence-corrected chi connectivity index (χ3v) is 4.28. The van der Waals surface area contributed by atoms with Gasteiger partial charge in [-0.3, -0.25) is 9.89 Å². The number of amides is 3. The Balaban J connectivity index is 1.44. The topological polar surface area (TPSA) is 90.1 Å². The number of aromatic amines is 1. The summed E-state index contributed by atoms with van der Waals surface area (Å²) >= 11 is 0. The maximum Gasteiger partial charge on any atom is 0.322 e. The van der Waals surface area contributed by atoms with E-state index in [-0.39, 0.29) is 11.6 Å². The first-order valence-corrected chi connectivity index (χ1v) is 8.34. The monoisotopic (exact) mass is 365 g/mol. The Morgan fingerprint density at radius 3 is 2.63 bits per heavy atom. The van der Waals surface area contributed by atoms with E-state index in [4.69, 9.17) is 0 Å². The molecule has 0 unspecified atom stereocenters. The van der Waals surface area contributed by atoms with Crippen LogP contribution in [0.15, 0.2) is 54.6 Å². The van der Waals surface area contributed by atoms with E-state index in [2.05, 4.69) is 20.8 Å². The van der Waals surface area contributed by atoms with Crippen LogP contribution in [0.4, 0.5) is 20.7 Å². The first kappa shape index (κ1) is 16.8. The zero-order valence-electron chi connectivity index (χ0n) is 14.2. The Kier molecular flexibility index (Phi) is 4.29. The molecular weight excluding hydrogens is 349 g/mol. The average molecular weight is 365 g/mol. The fourth-order valence-electron chi connectivity index (χ4n) is 2.92. The summed E-state index contributed by atoms with van der Waals surface area (Å²) in [6.45, 7) is 0.667. The lowest BCUT2D eigenvalue weighted by atomic mass is 10.2. The van der Waals surface area contributed by atoms with Crippen molar-refractivity contribution in [2.45, 2.75) is 13.1 Å². The van der Waals surface area contributed by atoms with Crippen molar-refractivity contribution in [3.63, 3.8) is 0 Å². The maximum absolute atomic E-state index is 13.3. The molecule has 2 aromatic carbocycles. The van der Waals surface area contributed by atoms with Crippen LogP contribution in [0.5, 0.6) is 0 Å². The van der Waals surface area contributed by atoms with Gasteiger partial charge in [-0.2, -0.15) is 5.10 Å². The number of fused-ring (bicyclic) bond motifs is 1. The van der Waals surface area contributed by atoms with Gasteiger partial charge in [-0.1, -0.05) is 24.3 Å². The number of rotatable bonds is 3. The number of para-hydroxylation sites is 1. The lowest BCUT2D eigenvalue weighted by Gasteiger charge is -2.16. The lowest BCUT2D eigenvalue weighted by molar-refractivity contribution is 0.102. The Morgan fingerprint density at radius 1 is 1.04 bits per heavy atom. The van der Waals surface area contributed by atoms with E-state index in [1.54, 1.807) is 17.0 Å². The van der Waals surface area contributed by atoms with Crippen LogP contribution in [0.3, 0.4) is 0 Å². The van der Waals surface area contributed by atoms with Crippen molar-refractivity contribution in [1.82, 2.24) is 15.1 Å². The van der Waals surface area contributed by atoms with Crippen LogP contribution in [-0.2, 0) is 13.1 Å². The summed E-state index contributed by atoms with van der Waals surface area (Å²) in [6.07, 6.45) is 0. The predicted molar refractivity (Wildman–Crippen MR) is 97.6 cm³/mol. The van der Waals surface area contributed by atoms with Gasteiger partial charge in [-0.05, 0) is 30.3 Å². The molecule has 27 heavy (non-hydrogen) atoms. The Bertz CT molecular complexity index is 1000. The molecule has 1 aliphatic heterocycles. The number of benzene rings is 2. The van der Waals surface area contributed by atoms with Gasteiger partial charge in [0.25, 0.3) is 5.91 Å². The van der Waals surface area contributed by atoms with Crippen molar-refractivity contribution in [3.8, 4) is 0 Å². The van der Waals surface area contributed by atoms with E-state index in [1.165, 1.54) is 18.2 Å². The molecule has 0 bridgehead atoms. The minimum atomic E-state index is -0.487. The molecule has 7 nitrogen and oxygen atoms in total. The molecule has 0 radical (unpaired) electrons. The third kappa shape index (κ3) is 3.50. The van der Waals surface area contributed by atoms with Crippen LogP contribution < -0.4 is 10.6 Å². The molecular formula is C19H16FN5O2. The predicted octanol–water partition coefficient (Wildman–Crippen LogP) is 3.35. The molecule has 136 valence electrons. The molecule has 0 aliphatic carbocycles. The summed E-state index contributed by atoms with van der Waals surface area (Å²) in [5.41, 5.74) is 2.40. The fourth-order valence-corrected chi connectivity index (χ4v) is 2.92. The van der Waals surface area contributed by atoms with Gasteiger partial charge in [-0.25, -0.2) is 9.18 Å². The van der Waals surface area contributed by atoms with Crippen LogP contribution >= 0.6 is 0 Å². The van der Waals surface area contributed by atoms with Crippen molar-refractivity contribution < 1.29 is 14.0 Å². The number of nitrogens with zero attached hydrogens (tertiary/aromatic N) is 2. The molecule has 1 aliphatic rings. The van der Waals surface area contributed by atoms with Gasteiger partial charge in [0, 0.05) is 16.8 Å². The number of aromatic nitrogens is 2. The SMILES string of the molecule is O=C(Nc1n[nH]c2c1CN(C(=O)Nc1ccccc1)C2)c1cccc(F)c1. The summed E-state index contributed by atoms with van der Waals surface area (Å²) in [5, 5.41) is 12.4. The molecule has 2 heterocycles. The van der Waals surface area contributed by atoms with Crippen molar-refractivity contribution in [2.75, 3.05) is 10.6 Å². The van der Waals surface area contributed by atoms with Gasteiger partial charge < -0.3 is 15.5 Å². The molecule has 3 aromatic rings. The number of urea groups is 1. The van der Waals surface area contributed by atoms with Gasteiger partial charge in [0.2, 0.25) is 0 Å². The zero-order valence-corrected chi connectivity index (χ0v) is 14.2. The van der Waals surface area contributed by atoms with E-state index in [0.29, 0.717) is 24.6 Å². The molecule has 0 saturated heterocycles. The Hall–Kier alpha value is -3.68. The van der Waals surface area contributed by atoms with Gasteiger partial charge in [-0.15, -0.1) is 0 Å². The van der Waals surface area contributed by atoms with E-state index in [1.807, 2.05) is 18.2 Å². The summed E-state index contributed by atoms with van der Waals surface area (Å²) in [5.74, 6) is -0.607. The summed E-state index contributed by atoms with van der Waals surface area (Å²) in [4.78, 5) is 26.3. The summed E-state index contributed by atoms with van der Waals surface area (Å²) in [6, 6.07) is 14.3. The highest BCUT2D eigenvalue weighted by Crippen LogP contribution is 2.28. The van der Waals surface area contributed by atoms with Gasteiger partial charge >= 0.3 is 6.03 Å². The molecule has 0 spiro atoms. The van der Waals surface area contributed by atoms with Gasteiger partial charge in [0.05, 0.1) is 18.8 Å². The Morgan fingerprint density at radius 2 is 1.85 bits per heavy atom. The molecule has 0 saturated carbocycles. The number of hydrogen-bond donors (Lipinski definition) is 3. The first-order chi connectivity index (χ1) is 13.1.